The monoisotopic (exact) mass is 196 g/mol. The zero-order valence-electron chi connectivity index (χ0n) is 11.2. The van der Waals surface area contributed by atoms with Gasteiger partial charge in [0.15, 0.2) is 0 Å². The maximum Gasteiger partial charge on any atom is -0.0125 e. The fourth-order valence-electron chi connectivity index (χ4n) is 0.931. The highest BCUT2D eigenvalue weighted by Gasteiger charge is 2.24. The Bertz CT molecular complexity index is 180. The van der Waals surface area contributed by atoms with Crippen LogP contribution in [-0.2, 0) is 0 Å². The van der Waals surface area contributed by atoms with Gasteiger partial charge < -0.3 is 0 Å². The average Bonchev–Trinajstić information content (AvgIpc) is 2.01. The quantitative estimate of drug-likeness (QED) is 0.543. The molecule has 1 atom stereocenters. The largest absolute Gasteiger partial charge is 0.100 e. The Morgan fingerprint density at radius 2 is 1.43 bits per heavy atom. The molecule has 0 saturated carbocycles. The van der Waals surface area contributed by atoms with E-state index in [0.717, 1.165) is 5.92 Å². The number of hydrogen-bond acceptors (Lipinski definition) is 0. The van der Waals surface area contributed by atoms with E-state index in [1.54, 1.807) is 0 Å². The molecule has 0 aliphatic rings. The van der Waals surface area contributed by atoms with Crippen LogP contribution in [0, 0.1) is 11.3 Å². The lowest BCUT2D eigenvalue weighted by Crippen LogP contribution is -2.21. The number of rotatable bonds is 3. The van der Waals surface area contributed by atoms with E-state index in [-0.39, 0.29) is 0 Å². The van der Waals surface area contributed by atoms with Crippen molar-refractivity contribution in [1.82, 2.24) is 0 Å². The third kappa shape index (κ3) is 6.94. The maximum absolute atomic E-state index is 4.00. The van der Waals surface area contributed by atoms with Gasteiger partial charge in [-0.15, -0.1) is 6.58 Å². The highest BCUT2D eigenvalue weighted by Crippen LogP contribution is 2.34. The summed E-state index contributed by atoms with van der Waals surface area (Å²) in [6.45, 7) is 22.7. The van der Waals surface area contributed by atoms with Crippen LogP contribution >= 0.6 is 0 Å². The molecule has 0 nitrogen and oxygen atoms in total. The lowest BCUT2D eigenvalue weighted by molar-refractivity contribution is 0.279. The van der Waals surface area contributed by atoms with E-state index in [1.165, 1.54) is 17.6 Å². The molecule has 0 fully saturated rings. The number of allylic oxidation sites excluding steroid dienone is 2. The van der Waals surface area contributed by atoms with Crippen LogP contribution in [0.3, 0.4) is 0 Å². The van der Waals surface area contributed by atoms with Gasteiger partial charge in [-0.3, -0.25) is 0 Å². The standard InChI is InChI=1S/C10H20.C4H8/c1-7-9(4)10(5,6)8(2)3;1-4(2)3/h9H,2,7H2,1,3-6H3;1H2,2-3H3. The molecule has 0 aromatic rings. The van der Waals surface area contributed by atoms with Gasteiger partial charge in [0, 0.05) is 0 Å². The van der Waals surface area contributed by atoms with Crippen molar-refractivity contribution < 1.29 is 0 Å². The molecule has 0 amide bonds. The summed E-state index contributed by atoms with van der Waals surface area (Å²) in [6.07, 6.45) is 1.24. The smallest absolute Gasteiger partial charge is 0.0125 e. The maximum atomic E-state index is 4.00. The Morgan fingerprint density at radius 1 is 1.14 bits per heavy atom. The second-order valence-electron chi connectivity index (χ2n) is 5.02. The van der Waals surface area contributed by atoms with Gasteiger partial charge >= 0.3 is 0 Å². The minimum atomic E-state index is 0.314. The molecule has 14 heavy (non-hydrogen) atoms. The second-order valence-corrected chi connectivity index (χ2v) is 5.02. The topological polar surface area (TPSA) is 0 Å². The summed E-state index contributed by atoms with van der Waals surface area (Å²) in [5, 5.41) is 0. The van der Waals surface area contributed by atoms with Gasteiger partial charge in [0.05, 0.1) is 0 Å². The van der Waals surface area contributed by atoms with E-state index in [4.69, 9.17) is 0 Å². The highest BCUT2D eigenvalue weighted by atomic mass is 14.3. The van der Waals surface area contributed by atoms with E-state index in [9.17, 15) is 0 Å². The minimum absolute atomic E-state index is 0.314. The van der Waals surface area contributed by atoms with Gasteiger partial charge in [-0.2, -0.15) is 0 Å². The molecule has 0 aromatic carbocycles. The summed E-state index contributed by atoms with van der Waals surface area (Å²) < 4.78 is 0. The first-order valence-corrected chi connectivity index (χ1v) is 5.44. The molecule has 1 unspecified atom stereocenters. The van der Waals surface area contributed by atoms with Crippen LogP contribution < -0.4 is 0 Å². The van der Waals surface area contributed by atoms with Crippen LogP contribution in [0.15, 0.2) is 24.3 Å². The highest BCUT2D eigenvalue weighted by molar-refractivity contribution is 5.04. The van der Waals surface area contributed by atoms with Crippen LogP contribution in [0.2, 0.25) is 0 Å². The van der Waals surface area contributed by atoms with Gasteiger partial charge in [-0.1, -0.05) is 51.8 Å². The van der Waals surface area contributed by atoms with Crippen LogP contribution in [0.25, 0.3) is 0 Å². The summed E-state index contributed by atoms with van der Waals surface area (Å²) in [5.41, 5.74) is 2.77. The summed E-state index contributed by atoms with van der Waals surface area (Å²) in [6, 6.07) is 0. The molecule has 0 heteroatoms. The molecule has 0 radical (unpaired) electrons. The second kappa shape index (κ2) is 6.86. The molecule has 0 saturated heterocycles. The van der Waals surface area contributed by atoms with Gasteiger partial charge in [-0.05, 0) is 32.1 Å². The van der Waals surface area contributed by atoms with Gasteiger partial charge in [0.25, 0.3) is 0 Å². The Balaban J connectivity index is 0. The summed E-state index contributed by atoms with van der Waals surface area (Å²) in [7, 11) is 0. The Kier molecular flexibility index (Phi) is 7.81. The van der Waals surface area contributed by atoms with Crippen LogP contribution in [0.1, 0.15) is 54.9 Å². The molecule has 0 aliphatic heterocycles. The van der Waals surface area contributed by atoms with Crippen molar-refractivity contribution in [3.63, 3.8) is 0 Å². The summed E-state index contributed by atoms with van der Waals surface area (Å²) in [4.78, 5) is 0. The van der Waals surface area contributed by atoms with Gasteiger partial charge in [0.2, 0.25) is 0 Å². The normalized spacial score (nSPS) is 12.5. The van der Waals surface area contributed by atoms with Crippen molar-refractivity contribution in [2.24, 2.45) is 11.3 Å². The number of hydrogen-bond donors (Lipinski definition) is 0. The van der Waals surface area contributed by atoms with E-state index in [2.05, 4.69) is 47.8 Å². The molecular formula is C14H28. The molecule has 84 valence electrons. The molecule has 0 rings (SSSR count). The molecular weight excluding hydrogens is 168 g/mol. The molecule has 0 heterocycles. The van der Waals surface area contributed by atoms with Crippen LogP contribution in [0.4, 0.5) is 0 Å². The molecule has 0 N–H and O–H groups in total. The third-order valence-electron chi connectivity index (χ3n) is 2.94. The van der Waals surface area contributed by atoms with Crippen LogP contribution in [0.5, 0.6) is 0 Å². The predicted molar refractivity (Wildman–Crippen MR) is 68.5 cm³/mol. The van der Waals surface area contributed by atoms with Crippen molar-refractivity contribution in [3.8, 4) is 0 Å². The Morgan fingerprint density at radius 3 is 1.50 bits per heavy atom. The van der Waals surface area contributed by atoms with Crippen molar-refractivity contribution >= 4 is 0 Å². The molecule has 0 aromatic heterocycles. The first kappa shape index (κ1) is 15.9. The van der Waals surface area contributed by atoms with Crippen molar-refractivity contribution in [3.05, 3.63) is 24.3 Å². The van der Waals surface area contributed by atoms with Crippen molar-refractivity contribution in [2.75, 3.05) is 0 Å². The minimum Gasteiger partial charge on any atom is -0.100 e. The molecule has 0 bridgehead atoms. The summed E-state index contributed by atoms with van der Waals surface area (Å²) in [5.74, 6) is 0.741. The fraction of sp³-hybridized carbons (Fsp3) is 0.714. The van der Waals surface area contributed by atoms with E-state index in [1.807, 2.05) is 13.8 Å². The van der Waals surface area contributed by atoms with Gasteiger partial charge in [0.1, 0.15) is 0 Å². The Hall–Kier alpha value is -0.520. The van der Waals surface area contributed by atoms with Crippen molar-refractivity contribution in [2.45, 2.75) is 54.9 Å². The average molecular weight is 196 g/mol. The fourth-order valence-corrected chi connectivity index (χ4v) is 0.931. The van der Waals surface area contributed by atoms with Crippen molar-refractivity contribution in [1.29, 1.82) is 0 Å². The first-order chi connectivity index (χ1) is 6.16. The predicted octanol–water partition coefficient (Wildman–Crippen LogP) is 5.22. The molecule has 0 spiro atoms. The third-order valence-corrected chi connectivity index (χ3v) is 2.94. The first-order valence-electron chi connectivity index (χ1n) is 5.44. The zero-order chi connectivity index (χ0) is 11.9. The zero-order valence-corrected chi connectivity index (χ0v) is 11.2. The lowest BCUT2D eigenvalue weighted by Gasteiger charge is -2.31. The van der Waals surface area contributed by atoms with E-state index in [0.29, 0.717) is 5.41 Å². The van der Waals surface area contributed by atoms with E-state index < -0.39 is 0 Å². The van der Waals surface area contributed by atoms with Crippen LogP contribution in [-0.4, -0.2) is 0 Å². The van der Waals surface area contributed by atoms with Gasteiger partial charge in [-0.25, -0.2) is 0 Å². The summed E-state index contributed by atoms with van der Waals surface area (Å²) >= 11 is 0. The lowest BCUT2D eigenvalue weighted by atomic mass is 9.74. The SMILES string of the molecule is C=C(C)C.C=C(C)C(C)(C)C(C)CC. The Labute approximate surface area is 91.1 Å². The van der Waals surface area contributed by atoms with E-state index >= 15 is 0 Å². The molecule has 0 aliphatic carbocycles.